The Morgan fingerprint density at radius 2 is 1.74 bits per heavy atom. The van der Waals surface area contributed by atoms with E-state index in [4.69, 9.17) is 14.2 Å². The van der Waals surface area contributed by atoms with Crippen LogP contribution in [0.2, 0.25) is 0 Å². The molecule has 1 aliphatic heterocycles. The van der Waals surface area contributed by atoms with Crippen molar-refractivity contribution in [1.29, 1.82) is 5.26 Å². The van der Waals surface area contributed by atoms with Gasteiger partial charge >= 0.3 is 0 Å². The first-order valence-electron chi connectivity index (χ1n) is 11.2. The Hall–Kier alpha value is -3.37. The second kappa shape index (κ2) is 10.3. The molecular weight excluding hydrogens is 448 g/mol. The highest BCUT2D eigenvalue weighted by molar-refractivity contribution is 8.02. The number of carbonyl (C=O) groups is 1. The molecule has 4 rings (SSSR count). The number of nitrogens with one attached hydrogen (secondary N) is 1. The molecule has 1 heterocycles. The molecule has 0 aromatic heterocycles. The van der Waals surface area contributed by atoms with E-state index in [-0.39, 0.29) is 5.78 Å². The Bertz CT molecular complexity index is 1180. The Balaban J connectivity index is 1.81. The van der Waals surface area contributed by atoms with Crippen LogP contribution >= 0.6 is 11.8 Å². The number of nitriles is 1. The molecule has 0 radical (unpaired) electrons. The summed E-state index contributed by atoms with van der Waals surface area (Å²) in [6.07, 6.45) is 2.05. The van der Waals surface area contributed by atoms with Crippen molar-refractivity contribution in [2.24, 2.45) is 0 Å². The monoisotopic (exact) mass is 476 g/mol. The summed E-state index contributed by atoms with van der Waals surface area (Å²) in [4.78, 5) is 13.1. The standard InChI is InChI=1S/C27H28N2O4S/c1-16-8-10-17(11-9-16)15-34-27-19(14-28)24(25-20(29-27)6-5-7-21(25)30)18-12-22(31-2)26(33-4)23(13-18)32-3/h8-13,24,29H,5-7,15H2,1-4H3. The minimum atomic E-state index is -0.497. The van der Waals surface area contributed by atoms with Crippen molar-refractivity contribution in [1.82, 2.24) is 5.32 Å². The second-order valence-corrected chi connectivity index (χ2v) is 9.30. The van der Waals surface area contributed by atoms with Crippen molar-refractivity contribution < 1.29 is 19.0 Å². The van der Waals surface area contributed by atoms with Crippen LogP contribution in [-0.4, -0.2) is 27.1 Å². The molecule has 1 aliphatic carbocycles. The molecule has 2 aromatic rings. The zero-order chi connectivity index (χ0) is 24.2. The summed E-state index contributed by atoms with van der Waals surface area (Å²) < 4.78 is 16.6. The fourth-order valence-electron chi connectivity index (χ4n) is 4.48. The van der Waals surface area contributed by atoms with Gasteiger partial charge in [0.2, 0.25) is 5.75 Å². The number of rotatable bonds is 7. The largest absolute Gasteiger partial charge is 0.493 e. The maximum absolute atomic E-state index is 13.1. The van der Waals surface area contributed by atoms with Gasteiger partial charge in [-0.25, -0.2) is 0 Å². The number of ketones is 1. The average Bonchev–Trinajstić information content (AvgIpc) is 2.86. The number of thioether (sulfide) groups is 1. The summed E-state index contributed by atoms with van der Waals surface area (Å²) in [5.41, 5.74) is 5.24. The summed E-state index contributed by atoms with van der Waals surface area (Å²) in [5.74, 6) is 1.75. The molecular formula is C27H28N2O4S. The van der Waals surface area contributed by atoms with E-state index in [1.807, 2.05) is 12.1 Å². The zero-order valence-electron chi connectivity index (χ0n) is 19.9. The van der Waals surface area contributed by atoms with Crippen molar-refractivity contribution in [3.8, 4) is 23.3 Å². The van der Waals surface area contributed by atoms with Crippen LogP contribution < -0.4 is 19.5 Å². The number of benzene rings is 2. The molecule has 0 saturated heterocycles. The number of methoxy groups -OCH3 is 3. The van der Waals surface area contributed by atoms with Crippen LogP contribution in [0.5, 0.6) is 17.2 Å². The molecule has 2 aromatic carbocycles. The fraction of sp³-hybridized carbons (Fsp3) is 0.333. The van der Waals surface area contributed by atoms with Gasteiger partial charge in [0.25, 0.3) is 0 Å². The Labute approximate surface area is 204 Å². The fourth-order valence-corrected chi connectivity index (χ4v) is 5.50. The van der Waals surface area contributed by atoms with Crippen LogP contribution in [0.1, 0.15) is 41.9 Å². The van der Waals surface area contributed by atoms with E-state index in [1.165, 1.54) is 11.1 Å². The minimum Gasteiger partial charge on any atom is -0.493 e. The minimum absolute atomic E-state index is 0.0721. The molecule has 34 heavy (non-hydrogen) atoms. The normalized spacial score (nSPS) is 17.6. The average molecular weight is 477 g/mol. The molecule has 0 bridgehead atoms. The van der Waals surface area contributed by atoms with E-state index in [0.29, 0.717) is 40.6 Å². The summed E-state index contributed by atoms with van der Waals surface area (Å²) in [7, 11) is 4.67. The number of Topliss-reactive ketones (excluding diaryl/α,β-unsaturated/α-hetero) is 1. The highest BCUT2D eigenvalue weighted by atomic mass is 32.2. The lowest BCUT2D eigenvalue weighted by Gasteiger charge is -2.33. The topological polar surface area (TPSA) is 80.6 Å². The predicted octanol–water partition coefficient (Wildman–Crippen LogP) is 5.38. The van der Waals surface area contributed by atoms with Crippen LogP contribution in [0.25, 0.3) is 0 Å². The summed E-state index contributed by atoms with van der Waals surface area (Å²) in [6.45, 7) is 2.06. The number of nitrogens with zero attached hydrogens (tertiary/aromatic N) is 1. The third-order valence-corrected chi connectivity index (χ3v) is 7.28. The number of ether oxygens (including phenoxy) is 3. The summed E-state index contributed by atoms with van der Waals surface area (Å²) >= 11 is 1.59. The Morgan fingerprint density at radius 1 is 1.06 bits per heavy atom. The van der Waals surface area contributed by atoms with Gasteiger partial charge in [0.15, 0.2) is 17.3 Å². The highest BCUT2D eigenvalue weighted by Gasteiger charge is 2.38. The maximum Gasteiger partial charge on any atom is 0.203 e. The number of hydrogen-bond acceptors (Lipinski definition) is 7. The molecule has 0 spiro atoms. The van der Waals surface area contributed by atoms with Gasteiger partial charge in [0.05, 0.1) is 43.9 Å². The van der Waals surface area contributed by atoms with Gasteiger partial charge in [0.1, 0.15) is 0 Å². The molecule has 0 amide bonds. The van der Waals surface area contributed by atoms with Gasteiger partial charge < -0.3 is 19.5 Å². The van der Waals surface area contributed by atoms with Gasteiger partial charge in [-0.3, -0.25) is 4.79 Å². The lowest BCUT2D eigenvalue weighted by Crippen LogP contribution is -2.31. The number of aryl methyl sites for hydroxylation is 1. The van der Waals surface area contributed by atoms with Gasteiger partial charge in [-0.15, -0.1) is 11.8 Å². The quantitative estimate of drug-likeness (QED) is 0.574. The van der Waals surface area contributed by atoms with Crippen LogP contribution in [-0.2, 0) is 10.5 Å². The van der Waals surface area contributed by atoms with Crippen LogP contribution in [0, 0.1) is 18.3 Å². The van der Waals surface area contributed by atoms with E-state index < -0.39 is 5.92 Å². The Morgan fingerprint density at radius 3 is 2.32 bits per heavy atom. The zero-order valence-corrected chi connectivity index (χ0v) is 20.7. The Kier molecular flexibility index (Phi) is 7.18. The molecule has 1 N–H and O–H groups in total. The lowest BCUT2D eigenvalue weighted by atomic mass is 9.76. The van der Waals surface area contributed by atoms with Gasteiger partial charge in [-0.1, -0.05) is 29.8 Å². The van der Waals surface area contributed by atoms with E-state index in [1.54, 1.807) is 33.1 Å². The van der Waals surface area contributed by atoms with E-state index in [9.17, 15) is 10.1 Å². The van der Waals surface area contributed by atoms with E-state index in [2.05, 4.69) is 42.6 Å². The smallest absolute Gasteiger partial charge is 0.203 e. The van der Waals surface area contributed by atoms with Crippen LogP contribution in [0.3, 0.4) is 0 Å². The first kappa shape index (κ1) is 23.8. The van der Waals surface area contributed by atoms with Crippen molar-refractivity contribution in [3.05, 3.63) is 75.0 Å². The third-order valence-electron chi connectivity index (χ3n) is 6.19. The highest BCUT2D eigenvalue weighted by Crippen LogP contribution is 2.48. The van der Waals surface area contributed by atoms with Crippen molar-refractivity contribution >= 4 is 17.5 Å². The van der Waals surface area contributed by atoms with Crippen LogP contribution in [0.15, 0.2) is 58.3 Å². The van der Waals surface area contributed by atoms with Gasteiger partial charge in [-0.05, 0) is 43.0 Å². The van der Waals surface area contributed by atoms with E-state index in [0.717, 1.165) is 29.1 Å². The molecule has 6 nitrogen and oxygen atoms in total. The first-order valence-corrected chi connectivity index (χ1v) is 12.1. The van der Waals surface area contributed by atoms with Crippen molar-refractivity contribution in [3.63, 3.8) is 0 Å². The van der Waals surface area contributed by atoms with Gasteiger partial charge in [-0.2, -0.15) is 5.26 Å². The van der Waals surface area contributed by atoms with Gasteiger partial charge in [0, 0.05) is 23.4 Å². The number of dihydropyridines is 1. The molecule has 176 valence electrons. The molecule has 1 atom stereocenters. The summed E-state index contributed by atoms with van der Waals surface area (Å²) in [6, 6.07) is 14.4. The second-order valence-electron chi connectivity index (χ2n) is 8.31. The third kappa shape index (κ3) is 4.51. The molecule has 0 saturated carbocycles. The SMILES string of the molecule is COc1cc(C2C(C#N)=C(SCc3ccc(C)cc3)NC3=C2C(=O)CCC3)cc(OC)c1OC. The number of allylic oxidation sites excluding steroid dienone is 3. The maximum atomic E-state index is 13.1. The predicted molar refractivity (Wildman–Crippen MR) is 133 cm³/mol. The van der Waals surface area contributed by atoms with Crippen molar-refractivity contribution in [2.75, 3.05) is 21.3 Å². The van der Waals surface area contributed by atoms with E-state index >= 15 is 0 Å². The molecule has 7 heteroatoms. The van der Waals surface area contributed by atoms with Crippen molar-refractivity contribution in [2.45, 2.75) is 37.9 Å². The first-order chi connectivity index (χ1) is 16.5. The molecule has 2 aliphatic rings. The summed E-state index contributed by atoms with van der Waals surface area (Å²) in [5, 5.41) is 14.5. The number of hydrogen-bond donors (Lipinski definition) is 1. The van der Waals surface area contributed by atoms with Crippen LogP contribution in [0.4, 0.5) is 0 Å². The molecule has 0 fully saturated rings. The molecule has 1 unspecified atom stereocenters. The number of carbonyl (C=O) groups excluding carboxylic acids is 1. The lowest BCUT2D eigenvalue weighted by molar-refractivity contribution is -0.116.